The zero-order chi connectivity index (χ0) is 20.0. The Labute approximate surface area is 167 Å². The van der Waals surface area contributed by atoms with Crippen LogP contribution in [0.3, 0.4) is 0 Å². The summed E-state index contributed by atoms with van der Waals surface area (Å²) in [7, 11) is 0. The van der Waals surface area contributed by atoms with Gasteiger partial charge in [0.1, 0.15) is 5.69 Å². The number of amidine groups is 1. The number of aliphatic imine (C=N–C) groups is 1. The third kappa shape index (κ3) is 4.78. The van der Waals surface area contributed by atoms with Gasteiger partial charge in [0, 0.05) is 11.9 Å². The SMILES string of the molecule is CC#CCOc1cnc(C(=O)Nc2cncc([C@]3(C)CCSC(N)=N3)c2)cn1. The molecule has 0 bridgehead atoms. The molecule has 0 unspecified atom stereocenters. The van der Waals surface area contributed by atoms with Crippen molar-refractivity contribution in [3.8, 4) is 17.7 Å². The van der Waals surface area contributed by atoms with Crippen molar-refractivity contribution in [1.29, 1.82) is 0 Å². The molecule has 3 N–H and O–H groups in total. The topological polar surface area (TPSA) is 115 Å². The standard InChI is InChI=1S/C19H20N6O2S/c1-3-4-6-27-16-12-22-15(11-23-16)17(26)24-14-8-13(9-21-10-14)19(2)5-7-28-18(20)25-19/h8-12H,5-7H2,1-2H3,(H2,20,25)(H,24,26)/t19-/m0/s1. The average molecular weight is 396 g/mol. The largest absolute Gasteiger partial charge is 0.463 e. The van der Waals surface area contributed by atoms with Gasteiger partial charge in [-0.1, -0.05) is 17.7 Å². The highest BCUT2D eigenvalue weighted by molar-refractivity contribution is 8.13. The van der Waals surface area contributed by atoms with E-state index >= 15 is 0 Å². The molecule has 144 valence electrons. The first-order valence-electron chi connectivity index (χ1n) is 8.59. The van der Waals surface area contributed by atoms with Gasteiger partial charge in [-0.25, -0.2) is 9.97 Å². The number of nitrogens with one attached hydrogen (secondary N) is 1. The first-order chi connectivity index (χ1) is 13.5. The lowest BCUT2D eigenvalue weighted by atomic mass is 9.91. The number of amides is 1. The quantitative estimate of drug-likeness (QED) is 0.744. The molecule has 28 heavy (non-hydrogen) atoms. The third-order valence-electron chi connectivity index (χ3n) is 4.14. The number of nitrogens with two attached hydrogens (primary N) is 1. The Morgan fingerprint density at radius 1 is 1.36 bits per heavy atom. The van der Waals surface area contributed by atoms with Gasteiger partial charge in [0.25, 0.3) is 5.91 Å². The fourth-order valence-corrected chi connectivity index (χ4v) is 3.56. The molecule has 9 heteroatoms. The van der Waals surface area contributed by atoms with Crippen LogP contribution in [0.1, 0.15) is 36.3 Å². The maximum atomic E-state index is 12.4. The van der Waals surface area contributed by atoms with Crippen molar-refractivity contribution in [3.05, 3.63) is 42.1 Å². The van der Waals surface area contributed by atoms with Crippen LogP contribution in [-0.2, 0) is 5.54 Å². The zero-order valence-electron chi connectivity index (χ0n) is 15.6. The predicted octanol–water partition coefficient (Wildman–Crippen LogP) is 2.19. The summed E-state index contributed by atoms with van der Waals surface area (Å²) in [6, 6.07) is 1.85. The van der Waals surface area contributed by atoms with Gasteiger partial charge in [0.15, 0.2) is 11.8 Å². The summed E-state index contributed by atoms with van der Waals surface area (Å²) in [5.41, 5.74) is 7.04. The van der Waals surface area contributed by atoms with Crippen molar-refractivity contribution < 1.29 is 9.53 Å². The van der Waals surface area contributed by atoms with Crippen LogP contribution in [0.2, 0.25) is 0 Å². The highest BCUT2D eigenvalue weighted by Gasteiger charge is 2.30. The van der Waals surface area contributed by atoms with Gasteiger partial charge in [-0.3, -0.25) is 14.8 Å². The van der Waals surface area contributed by atoms with Crippen LogP contribution in [0.4, 0.5) is 5.69 Å². The molecule has 0 aliphatic carbocycles. The number of aromatic nitrogens is 3. The van der Waals surface area contributed by atoms with E-state index in [2.05, 4.69) is 37.1 Å². The monoisotopic (exact) mass is 396 g/mol. The summed E-state index contributed by atoms with van der Waals surface area (Å²) in [5, 5.41) is 3.35. The average Bonchev–Trinajstić information content (AvgIpc) is 2.69. The lowest BCUT2D eigenvalue weighted by molar-refractivity contribution is 0.102. The maximum Gasteiger partial charge on any atom is 0.275 e. The molecule has 2 aromatic heterocycles. The number of rotatable bonds is 5. The van der Waals surface area contributed by atoms with Gasteiger partial charge in [0.05, 0.1) is 29.8 Å². The highest BCUT2D eigenvalue weighted by atomic mass is 32.2. The smallest absolute Gasteiger partial charge is 0.275 e. The van der Waals surface area contributed by atoms with Gasteiger partial charge in [0.2, 0.25) is 5.88 Å². The van der Waals surface area contributed by atoms with E-state index in [0.29, 0.717) is 16.7 Å². The van der Waals surface area contributed by atoms with Crippen LogP contribution in [0.5, 0.6) is 5.88 Å². The molecule has 0 fully saturated rings. The summed E-state index contributed by atoms with van der Waals surface area (Å²) < 4.78 is 5.29. The summed E-state index contributed by atoms with van der Waals surface area (Å²) in [4.78, 5) is 29.4. The molecule has 1 aliphatic heterocycles. The lowest BCUT2D eigenvalue weighted by Crippen LogP contribution is -2.29. The van der Waals surface area contributed by atoms with Crippen LogP contribution in [-0.4, -0.2) is 38.4 Å². The number of pyridine rings is 1. The van der Waals surface area contributed by atoms with Crippen LogP contribution in [0.15, 0.2) is 35.8 Å². The van der Waals surface area contributed by atoms with Crippen molar-refractivity contribution in [1.82, 2.24) is 15.0 Å². The molecule has 1 amide bonds. The molecule has 0 saturated carbocycles. The zero-order valence-corrected chi connectivity index (χ0v) is 16.4. The minimum absolute atomic E-state index is 0.168. The van der Waals surface area contributed by atoms with Crippen molar-refractivity contribution in [2.24, 2.45) is 10.7 Å². The molecule has 2 aromatic rings. The molecule has 3 heterocycles. The van der Waals surface area contributed by atoms with Crippen molar-refractivity contribution in [2.45, 2.75) is 25.8 Å². The van der Waals surface area contributed by atoms with Crippen molar-refractivity contribution in [3.63, 3.8) is 0 Å². The molecular weight excluding hydrogens is 376 g/mol. The minimum Gasteiger partial charge on any atom is -0.463 e. The second-order valence-electron chi connectivity index (χ2n) is 6.19. The maximum absolute atomic E-state index is 12.4. The Balaban J connectivity index is 1.70. The molecule has 0 radical (unpaired) electrons. The normalized spacial score (nSPS) is 18.4. The molecule has 1 aliphatic rings. The summed E-state index contributed by atoms with van der Waals surface area (Å²) >= 11 is 1.54. The lowest BCUT2D eigenvalue weighted by Gasteiger charge is -2.29. The minimum atomic E-state index is -0.455. The van der Waals surface area contributed by atoms with E-state index < -0.39 is 11.4 Å². The number of hydrogen-bond donors (Lipinski definition) is 2. The molecule has 1 atom stereocenters. The third-order valence-corrected chi connectivity index (χ3v) is 4.94. The van der Waals surface area contributed by atoms with Crippen LogP contribution in [0.25, 0.3) is 0 Å². The summed E-state index contributed by atoms with van der Waals surface area (Å²) in [6.07, 6.45) is 6.90. The van der Waals surface area contributed by atoms with Crippen molar-refractivity contribution >= 4 is 28.5 Å². The number of anilines is 1. The van der Waals surface area contributed by atoms with Gasteiger partial charge in [-0.2, -0.15) is 0 Å². The number of carbonyl (C=O) groups is 1. The highest BCUT2D eigenvalue weighted by Crippen LogP contribution is 2.35. The Kier molecular flexibility index (Phi) is 6.11. The second-order valence-corrected chi connectivity index (χ2v) is 7.31. The van der Waals surface area contributed by atoms with E-state index in [1.54, 1.807) is 19.3 Å². The number of thioether (sulfide) groups is 1. The molecular formula is C19H20N6O2S. The van der Waals surface area contributed by atoms with Gasteiger partial charge >= 0.3 is 0 Å². The summed E-state index contributed by atoms with van der Waals surface area (Å²) in [5.74, 6) is 6.28. The number of ether oxygens (including phenoxy) is 1. The molecule has 0 aromatic carbocycles. The van der Waals surface area contributed by atoms with E-state index in [1.165, 1.54) is 24.2 Å². The Morgan fingerprint density at radius 2 is 2.21 bits per heavy atom. The van der Waals surface area contributed by atoms with Gasteiger partial charge < -0.3 is 15.8 Å². The van der Waals surface area contributed by atoms with Crippen LogP contribution < -0.4 is 15.8 Å². The number of hydrogen-bond acceptors (Lipinski definition) is 8. The number of carbonyl (C=O) groups excluding carboxylic acids is 1. The van der Waals surface area contributed by atoms with Gasteiger partial charge in [-0.15, -0.1) is 5.92 Å². The van der Waals surface area contributed by atoms with Crippen LogP contribution in [0, 0.1) is 11.8 Å². The first-order valence-corrected chi connectivity index (χ1v) is 9.58. The molecule has 0 saturated heterocycles. The van der Waals surface area contributed by atoms with E-state index in [9.17, 15) is 4.79 Å². The summed E-state index contributed by atoms with van der Waals surface area (Å²) in [6.45, 7) is 3.95. The van der Waals surface area contributed by atoms with E-state index in [0.717, 1.165) is 17.7 Å². The Hall–Kier alpha value is -3.12. The molecule has 0 spiro atoms. The van der Waals surface area contributed by atoms with E-state index in [1.807, 2.05) is 13.0 Å². The first kappa shape index (κ1) is 19.6. The van der Waals surface area contributed by atoms with Crippen molar-refractivity contribution in [2.75, 3.05) is 17.7 Å². The van der Waals surface area contributed by atoms with Crippen LogP contribution >= 0.6 is 11.8 Å². The van der Waals surface area contributed by atoms with E-state index in [-0.39, 0.29) is 12.3 Å². The fraction of sp³-hybridized carbons (Fsp3) is 0.316. The Morgan fingerprint density at radius 3 is 2.93 bits per heavy atom. The fourth-order valence-electron chi connectivity index (χ4n) is 2.58. The molecule has 3 rings (SSSR count). The number of nitrogens with zero attached hydrogens (tertiary/aromatic N) is 4. The van der Waals surface area contributed by atoms with E-state index in [4.69, 9.17) is 10.5 Å². The molecule has 8 nitrogen and oxygen atoms in total. The van der Waals surface area contributed by atoms with Gasteiger partial charge in [-0.05, 0) is 31.9 Å². The Bertz CT molecular complexity index is 951. The second kappa shape index (κ2) is 8.71. The predicted molar refractivity (Wildman–Crippen MR) is 109 cm³/mol.